The van der Waals surface area contributed by atoms with Crippen LogP contribution in [-0.2, 0) is 17.8 Å². The van der Waals surface area contributed by atoms with Crippen LogP contribution in [0.1, 0.15) is 28.7 Å². The van der Waals surface area contributed by atoms with E-state index in [0.29, 0.717) is 12.5 Å². The molecule has 0 fully saturated rings. The molecule has 27 heavy (non-hydrogen) atoms. The molecule has 0 unspecified atom stereocenters. The standard InChI is InChI=1S/C23H31N3O/c1-17-9-10-21(13-18(17)2)24-23(27)11-12-25(3)16-22-14-19-7-5-6-8-20(19)15-26(22)4/h5-10,13,22H,11-12,14-16H2,1-4H3,(H,24,27)/t22-/m0/s1. The number of fused-ring (bicyclic) bond motifs is 1. The van der Waals surface area contributed by atoms with Gasteiger partial charge in [0, 0.05) is 37.8 Å². The van der Waals surface area contributed by atoms with Crippen molar-refractivity contribution in [1.29, 1.82) is 0 Å². The second kappa shape index (κ2) is 8.68. The molecule has 4 heteroatoms. The number of carbonyl (C=O) groups is 1. The number of benzene rings is 2. The molecule has 3 rings (SSSR count). The summed E-state index contributed by atoms with van der Waals surface area (Å²) in [5.74, 6) is 0.0763. The Hall–Kier alpha value is -2.17. The highest BCUT2D eigenvalue weighted by molar-refractivity contribution is 5.90. The zero-order valence-electron chi connectivity index (χ0n) is 17.0. The molecule has 0 spiro atoms. The first kappa shape index (κ1) is 19.6. The third-order valence-corrected chi connectivity index (χ3v) is 5.65. The fraction of sp³-hybridized carbons (Fsp3) is 0.435. The largest absolute Gasteiger partial charge is 0.326 e. The molecule has 1 N–H and O–H groups in total. The van der Waals surface area contributed by atoms with Crippen LogP contribution in [0.2, 0.25) is 0 Å². The van der Waals surface area contributed by atoms with E-state index in [-0.39, 0.29) is 5.91 Å². The number of anilines is 1. The van der Waals surface area contributed by atoms with Gasteiger partial charge in [0.25, 0.3) is 0 Å². The van der Waals surface area contributed by atoms with Gasteiger partial charge in [-0.3, -0.25) is 9.69 Å². The van der Waals surface area contributed by atoms with Crippen molar-refractivity contribution in [2.75, 3.05) is 32.5 Å². The molecule has 0 saturated heterocycles. The summed E-state index contributed by atoms with van der Waals surface area (Å²) in [5, 5.41) is 3.01. The van der Waals surface area contributed by atoms with Crippen LogP contribution in [0, 0.1) is 13.8 Å². The fourth-order valence-corrected chi connectivity index (χ4v) is 3.71. The highest BCUT2D eigenvalue weighted by Crippen LogP contribution is 2.22. The Morgan fingerprint density at radius 2 is 1.89 bits per heavy atom. The van der Waals surface area contributed by atoms with E-state index in [1.807, 2.05) is 18.2 Å². The summed E-state index contributed by atoms with van der Waals surface area (Å²) in [6, 6.07) is 15.3. The van der Waals surface area contributed by atoms with Gasteiger partial charge in [-0.15, -0.1) is 0 Å². The molecule has 2 aromatic carbocycles. The van der Waals surface area contributed by atoms with Crippen molar-refractivity contribution in [3.05, 3.63) is 64.7 Å². The van der Waals surface area contributed by atoms with Gasteiger partial charge in [-0.2, -0.15) is 0 Å². The summed E-state index contributed by atoms with van der Waals surface area (Å²) in [5.41, 5.74) is 6.22. The average Bonchev–Trinajstić information content (AvgIpc) is 2.64. The molecule has 1 aliphatic rings. The van der Waals surface area contributed by atoms with Gasteiger partial charge in [-0.25, -0.2) is 0 Å². The first-order valence-electron chi connectivity index (χ1n) is 9.75. The summed E-state index contributed by atoms with van der Waals surface area (Å²) >= 11 is 0. The molecule has 4 nitrogen and oxygen atoms in total. The maximum absolute atomic E-state index is 12.3. The van der Waals surface area contributed by atoms with Crippen molar-refractivity contribution >= 4 is 11.6 Å². The molecule has 0 saturated carbocycles. The van der Waals surface area contributed by atoms with Crippen LogP contribution in [0.25, 0.3) is 0 Å². The fourth-order valence-electron chi connectivity index (χ4n) is 3.71. The minimum Gasteiger partial charge on any atom is -0.326 e. The summed E-state index contributed by atoms with van der Waals surface area (Å²) in [6.07, 6.45) is 1.59. The predicted molar refractivity (Wildman–Crippen MR) is 112 cm³/mol. The maximum atomic E-state index is 12.3. The monoisotopic (exact) mass is 365 g/mol. The van der Waals surface area contributed by atoms with Crippen molar-refractivity contribution in [2.45, 2.75) is 39.3 Å². The van der Waals surface area contributed by atoms with Crippen LogP contribution in [0.4, 0.5) is 5.69 Å². The highest BCUT2D eigenvalue weighted by Gasteiger charge is 2.24. The molecule has 0 bridgehead atoms. The van der Waals surface area contributed by atoms with Crippen molar-refractivity contribution < 1.29 is 4.79 Å². The lowest BCUT2D eigenvalue weighted by molar-refractivity contribution is -0.116. The molecule has 144 valence electrons. The first-order valence-corrected chi connectivity index (χ1v) is 9.75. The van der Waals surface area contributed by atoms with E-state index >= 15 is 0 Å². The number of hydrogen-bond acceptors (Lipinski definition) is 3. The lowest BCUT2D eigenvalue weighted by Gasteiger charge is -2.36. The van der Waals surface area contributed by atoms with Gasteiger partial charge in [-0.05, 0) is 68.8 Å². The molecule has 2 aromatic rings. The Bertz CT molecular complexity index is 802. The maximum Gasteiger partial charge on any atom is 0.225 e. The Morgan fingerprint density at radius 1 is 1.15 bits per heavy atom. The Balaban J connectivity index is 1.47. The molecule has 0 aliphatic carbocycles. The molecule has 0 radical (unpaired) electrons. The molecule has 1 amide bonds. The predicted octanol–water partition coefficient (Wildman–Crippen LogP) is 3.62. The number of carbonyl (C=O) groups excluding carboxylic acids is 1. The molecule has 1 atom stereocenters. The van der Waals surface area contributed by atoms with Gasteiger partial charge in [0.05, 0.1) is 0 Å². The Labute approximate surface area is 163 Å². The highest BCUT2D eigenvalue weighted by atomic mass is 16.1. The topological polar surface area (TPSA) is 35.6 Å². The second-order valence-electron chi connectivity index (χ2n) is 7.90. The molecular weight excluding hydrogens is 334 g/mol. The quantitative estimate of drug-likeness (QED) is 0.849. The molecule has 1 aliphatic heterocycles. The van der Waals surface area contributed by atoms with Crippen molar-refractivity contribution in [1.82, 2.24) is 9.80 Å². The van der Waals surface area contributed by atoms with E-state index < -0.39 is 0 Å². The van der Waals surface area contributed by atoms with E-state index in [4.69, 9.17) is 0 Å². The summed E-state index contributed by atoms with van der Waals surface area (Å²) in [4.78, 5) is 17.0. The van der Waals surface area contributed by atoms with E-state index in [1.165, 1.54) is 22.3 Å². The van der Waals surface area contributed by atoms with Crippen LogP contribution >= 0.6 is 0 Å². The number of nitrogens with zero attached hydrogens (tertiary/aromatic N) is 2. The number of nitrogens with one attached hydrogen (secondary N) is 1. The first-order chi connectivity index (χ1) is 12.9. The van der Waals surface area contributed by atoms with Crippen LogP contribution in [0.3, 0.4) is 0 Å². The number of aryl methyl sites for hydroxylation is 2. The molecular formula is C23H31N3O. The smallest absolute Gasteiger partial charge is 0.225 e. The van der Waals surface area contributed by atoms with Crippen molar-refractivity contribution in [3.8, 4) is 0 Å². The van der Waals surface area contributed by atoms with Crippen LogP contribution in [0.5, 0.6) is 0 Å². The number of amides is 1. The van der Waals surface area contributed by atoms with Gasteiger partial charge < -0.3 is 10.2 Å². The lowest BCUT2D eigenvalue weighted by atomic mass is 9.94. The van der Waals surface area contributed by atoms with E-state index in [2.05, 4.69) is 67.3 Å². The van der Waals surface area contributed by atoms with Crippen LogP contribution in [-0.4, -0.2) is 48.9 Å². The summed E-state index contributed by atoms with van der Waals surface area (Å²) in [6.45, 7) is 6.89. The summed E-state index contributed by atoms with van der Waals surface area (Å²) in [7, 11) is 4.30. The van der Waals surface area contributed by atoms with Gasteiger partial charge >= 0.3 is 0 Å². The number of rotatable bonds is 6. The zero-order chi connectivity index (χ0) is 19.4. The summed E-state index contributed by atoms with van der Waals surface area (Å²) < 4.78 is 0. The normalized spacial score (nSPS) is 17.0. The van der Waals surface area contributed by atoms with Crippen molar-refractivity contribution in [3.63, 3.8) is 0 Å². The van der Waals surface area contributed by atoms with Crippen LogP contribution in [0.15, 0.2) is 42.5 Å². The van der Waals surface area contributed by atoms with Gasteiger partial charge in [0.2, 0.25) is 5.91 Å². The van der Waals surface area contributed by atoms with E-state index in [0.717, 1.165) is 31.7 Å². The zero-order valence-corrected chi connectivity index (χ0v) is 17.0. The Morgan fingerprint density at radius 3 is 2.63 bits per heavy atom. The van der Waals surface area contributed by atoms with Crippen LogP contribution < -0.4 is 5.32 Å². The third kappa shape index (κ3) is 5.18. The minimum atomic E-state index is 0.0763. The molecule has 1 heterocycles. The Kier molecular flexibility index (Phi) is 6.30. The van der Waals surface area contributed by atoms with Crippen molar-refractivity contribution in [2.24, 2.45) is 0 Å². The van der Waals surface area contributed by atoms with Gasteiger partial charge in [-0.1, -0.05) is 30.3 Å². The average molecular weight is 366 g/mol. The SMILES string of the molecule is Cc1ccc(NC(=O)CCN(C)C[C@@H]2Cc3ccccc3CN2C)cc1C. The van der Waals surface area contributed by atoms with Gasteiger partial charge in [0.15, 0.2) is 0 Å². The van der Waals surface area contributed by atoms with Gasteiger partial charge in [0.1, 0.15) is 0 Å². The van der Waals surface area contributed by atoms with E-state index in [9.17, 15) is 4.79 Å². The lowest BCUT2D eigenvalue weighted by Crippen LogP contribution is -2.45. The number of hydrogen-bond donors (Lipinski definition) is 1. The van der Waals surface area contributed by atoms with E-state index in [1.54, 1.807) is 0 Å². The third-order valence-electron chi connectivity index (χ3n) is 5.65. The molecule has 0 aromatic heterocycles. The second-order valence-corrected chi connectivity index (χ2v) is 7.90. The minimum absolute atomic E-state index is 0.0763. The number of likely N-dealkylation sites (N-methyl/N-ethyl adjacent to an activating group) is 2.